The minimum Gasteiger partial charge on any atom is -0.337 e. The Morgan fingerprint density at radius 1 is 1.44 bits per heavy atom. The zero-order chi connectivity index (χ0) is 12.4. The summed E-state index contributed by atoms with van der Waals surface area (Å²) in [4.78, 5) is 22.6. The highest BCUT2D eigenvalue weighted by atomic mass is 32.1. The third-order valence-corrected chi connectivity index (χ3v) is 4.69. The fourth-order valence-electron chi connectivity index (χ4n) is 2.28. The van der Waals surface area contributed by atoms with Crippen LogP contribution in [-0.2, 0) is 0 Å². The molecule has 3 heterocycles. The van der Waals surface area contributed by atoms with Crippen LogP contribution in [0.15, 0.2) is 22.5 Å². The minimum atomic E-state index is 0.0532. The van der Waals surface area contributed by atoms with Gasteiger partial charge >= 0.3 is 0 Å². The van der Waals surface area contributed by atoms with Crippen molar-refractivity contribution in [1.29, 1.82) is 0 Å². The van der Waals surface area contributed by atoms with Gasteiger partial charge in [0.15, 0.2) is 0 Å². The van der Waals surface area contributed by atoms with Crippen LogP contribution in [0.25, 0.3) is 0 Å². The van der Waals surface area contributed by atoms with Gasteiger partial charge in [0.2, 0.25) is 0 Å². The van der Waals surface area contributed by atoms with E-state index in [4.69, 9.17) is 0 Å². The lowest BCUT2D eigenvalue weighted by molar-refractivity contribution is 0.0702. The van der Waals surface area contributed by atoms with Crippen LogP contribution in [0.4, 0.5) is 0 Å². The molecule has 1 aliphatic rings. The highest BCUT2D eigenvalue weighted by molar-refractivity contribution is 7.09. The monoisotopic (exact) mass is 279 g/mol. The van der Waals surface area contributed by atoms with Gasteiger partial charge in [0.05, 0.1) is 10.5 Å². The van der Waals surface area contributed by atoms with E-state index in [-0.39, 0.29) is 5.91 Å². The van der Waals surface area contributed by atoms with Crippen molar-refractivity contribution in [3.63, 3.8) is 0 Å². The molecule has 1 atom stereocenters. The number of piperidine rings is 1. The Balaban J connectivity index is 1.73. The van der Waals surface area contributed by atoms with Gasteiger partial charge in [0, 0.05) is 36.0 Å². The highest BCUT2D eigenvalue weighted by Crippen LogP contribution is 2.28. The molecule has 18 heavy (non-hydrogen) atoms. The molecular formula is C12H13N3OS2. The van der Waals surface area contributed by atoms with Crippen LogP contribution in [0.1, 0.15) is 34.3 Å². The molecule has 0 bridgehead atoms. The predicted octanol–water partition coefficient (Wildman–Crippen LogP) is 2.62. The summed E-state index contributed by atoms with van der Waals surface area (Å²) in [6.45, 7) is 1.60. The van der Waals surface area contributed by atoms with Crippen molar-refractivity contribution in [2.45, 2.75) is 18.8 Å². The standard InChI is InChI=1S/C12H13N3OS2/c16-12(10-7-17-8-14-10)15-4-1-2-9(6-15)11-13-3-5-18-11/h3,5,7-9H,1-2,4,6H2/t9-/m0/s1. The minimum absolute atomic E-state index is 0.0532. The molecule has 6 heteroatoms. The maximum atomic E-state index is 12.2. The molecule has 2 aromatic heterocycles. The Bertz CT molecular complexity index is 509. The molecule has 94 valence electrons. The van der Waals surface area contributed by atoms with Crippen molar-refractivity contribution in [2.24, 2.45) is 0 Å². The fourth-order valence-corrected chi connectivity index (χ4v) is 3.57. The van der Waals surface area contributed by atoms with Crippen LogP contribution in [0.5, 0.6) is 0 Å². The molecule has 0 saturated carbocycles. The number of amides is 1. The molecule has 3 rings (SSSR count). The summed E-state index contributed by atoms with van der Waals surface area (Å²) >= 11 is 3.14. The molecule has 0 unspecified atom stereocenters. The van der Waals surface area contributed by atoms with Crippen molar-refractivity contribution < 1.29 is 4.79 Å². The van der Waals surface area contributed by atoms with E-state index in [9.17, 15) is 4.79 Å². The zero-order valence-corrected chi connectivity index (χ0v) is 11.4. The van der Waals surface area contributed by atoms with E-state index in [0.717, 1.165) is 30.9 Å². The van der Waals surface area contributed by atoms with Crippen LogP contribution in [0, 0.1) is 0 Å². The molecule has 4 nitrogen and oxygen atoms in total. The quantitative estimate of drug-likeness (QED) is 0.849. The Hall–Kier alpha value is -1.27. The molecule has 1 fully saturated rings. The van der Waals surface area contributed by atoms with Gasteiger partial charge in [-0.1, -0.05) is 0 Å². The van der Waals surface area contributed by atoms with Crippen molar-refractivity contribution in [3.8, 4) is 0 Å². The van der Waals surface area contributed by atoms with E-state index in [2.05, 4.69) is 9.97 Å². The number of nitrogens with zero attached hydrogens (tertiary/aromatic N) is 3. The first-order valence-electron chi connectivity index (χ1n) is 5.91. The van der Waals surface area contributed by atoms with Gasteiger partial charge in [0.1, 0.15) is 5.69 Å². The van der Waals surface area contributed by atoms with Crippen LogP contribution < -0.4 is 0 Å². The van der Waals surface area contributed by atoms with Crippen LogP contribution in [0.3, 0.4) is 0 Å². The van der Waals surface area contributed by atoms with Gasteiger partial charge in [-0.15, -0.1) is 22.7 Å². The zero-order valence-electron chi connectivity index (χ0n) is 9.78. The van der Waals surface area contributed by atoms with Crippen molar-refractivity contribution in [1.82, 2.24) is 14.9 Å². The van der Waals surface area contributed by atoms with Gasteiger partial charge in [-0.2, -0.15) is 0 Å². The number of carbonyl (C=O) groups excluding carboxylic acids is 1. The van der Waals surface area contributed by atoms with E-state index in [1.54, 1.807) is 16.8 Å². The first-order valence-corrected chi connectivity index (χ1v) is 7.73. The van der Waals surface area contributed by atoms with Gasteiger partial charge in [-0.05, 0) is 12.8 Å². The highest BCUT2D eigenvalue weighted by Gasteiger charge is 2.27. The average molecular weight is 279 g/mol. The first kappa shape index (κ1) is 11.8. The molecular weight excluding hydrogens is 266 g/mol. The summed E-state index contributed by atoms with van der Waals surface area (Å²) in [7, 11) is 0. The summed E-state index contributed by atoms with van der Waals surface area (Å²) < 4.78 is 0. The Morgan fingerprint density at radius 2 is 2.39 bits per heavy atom. The molecule has 0 N–H and O–H groups in total. The Kier molecular flexibility index (Phi) is 3.38. The Morgan fingerprint density at radius 3 is 3.11 bits per heavy atom. The fraction of sp³-hybridized carbons (Fsp3) is 0.417. The number of likely N-dealkylation sites (tertiary alicyclic amines) is 1. The van der Waals surface area contributed by atoms with Crippen molar-refractivity contribution >= 4 is 28.6 Å². The summed E-state index contributed by atoms with van der Waals surface area (Å²) in [5, 5.41) is 4.96. The second-order valence-corrected chi connectivity index (χ2v) is 5.98. The van der Waals surface area contributed by atoms with Crippen molar-refractivity contribution in [2.75, 3.05) is 13.1 Å². The normalized spacial score (nSPS) is 20.0. The smallest absolute Gasteiger partial charge is 0.273 e. The van der Waals surface area contributed by atoms with E-state index >= 15 is 0 Å². The number of hydrogen-bond donors (Lipinski definition) is 0. The second-order valence-electron chi connectivity index (χ2n) is 4.33. The number of hydrogen-bond acceptors (Lipinski definition) is 5. The molecule has 1 saturated heterocycles. The van der Waals surface area contributed by atoms with Crippen LogP contribution >= 0.6 is 22.7 Å². The SMILES string of the molecule is O=C(c1cscn1)N1CCC[C@H](c2nccs2)C1. The van der Waals surface area contributed by atoms with Gasteiger partial charge in [-0.3, -0.25) is 4.79 Å². The van der Waals surface area contributed by atoms with Gasteiger partial charge < -0.3 is 4.90 Å². The number of thiazole rings is 2. The average Bonchev–Trinajstić information content (AvgIpc) is 3.11. The number of carbonyl (C=O) groups is 1. The lowest BCUT2D eigenvalue weighted by Crippen LogP contribution is -2.39. The molecule has 1 aliphatic heterocycles. The number of aromatic nitrogens is 2. The largest absolute Gasteiger partial charge is 0.337 e. The van der Waals surface area contributed by atoms with Crippen molar-refractivity contribution in [3.05, 3.63) is 33.2 Å². The lowest BCUT2D eigenvalue weighted by Gasteiger charge is -2.31. The van der Waals surface area contributed by atoms with Crippen LogP contribution in [0.2, 0.25) is 0 Å². The third kappa shape index (κ3) is 2.30. The maximum absolute atomic E-state index is 12.2. The van der Waals surface area contributed by atoms with Gasteiger partial charge in [0.25, 0.3) is 5.91 Å². The summed E-state index contributed by atoms with van der Waals surface area (Å²) in [5.41, 5.74) is 2.27. The molecule has 1 amide bonds. The maximum Gasteiger partial charge on any atom is 0.273 e. The summed E-state index contributed by atoms with van der Waals surface area (Å²) in [6.07, 6.45) is 4.00. The summed E-state index contributed by atoms with van der Waals surface area (Å²) in [5.74, 6) is 0.443. The van der Waals surface area contributed by atoms with E-state index in [0.29, 0.717) is 11.6 Å². The van der Waals surface area contributed by atoms with E-state index < -0.39 is 0 Å². The third-order valence-electron chi connectivity index (χ3n) is 3.16. The molecule has 0 spiro atoms. The van der Waals surface area contributed by atoms with E-state index in [1.807, 2.05) is 21.9 Å². The first-order chi connectivity index (χ1) is 8.84. The van der Waals surface area contributed by atoms with E-state index in [1.165, 1.54) is 11.3 Å². The Labute approximate surface area is 113 Å². The van der Waals surface area contributed by atoms with Gasteiger partial charge in [-0.25, -0.2) is 9.97 Å². The van der Waals surface area contributed by atoms with Crippen LogP contribution in [-0.4, -0.2) is 33.9 Å². The molecule has 0 aliphatic carbocycles. The predicted molar refractivity (Wildman–Crippen MR) is 72.1 cm³/mol. The lowest BCUT2D eigenvalue weighted by atomic mass is 9.98. The topological polar surface area (TPSA) is 46.1 Å². The second kappa shape index (κ2) is 5.16. The summed E-state index contributed by atoms with van der Waals surface area (Å²) in [6, 6.07) is 0. The molecule has 0 radical (unpaired) electrons. The number of rotatable bonds is 2. The molecule has 0 aromatic carbocycles. The molecule has 2 aromatic rings.